The molecule has 0 spiro atoms. The first kappa shape index (κ1) is 14.4. The molecular formula is C15H28N4. The highest BCUT2D eigenvalue weighted by atomic mass is 15.4. The van der Waals surface area contributed by atoms with Crippen LogP contribution in [0.1, 0.15) is 44.9 Å². The van der Waals surface area contributed by atoms with Gasteiger partial charge in [-0.25, -0.2) is 0 Å². The quantitative estimate of drug-likeness (QED) is 0.911. The minimum atomic E-state index is 0.183. The Labute approximate surface area is 117 Å². The molecule has 0 aliphatic carbocycles. The Balaban J connectivity index is 2.24. The summed E-state index contributed by atoms with van der Waals surface area (Å²) in [7, 11) is 2.05. The summed E-state index contributed by atoms with van der Waals surface area (Å²) in [6, 6.07) is 0.183. The van der Waals surface area contributed by atoms with Crippen molar-refractivity contribution in [2.45, 2.75) is 53.0 Å². The van der Waals surface area contributed by atoms with Crippen LogP contribution < -0.4 is 10.6 Å². The van der Waals surface area contributed by atoms with E-state index >= 15 is 0 Å². The molecule has 1 saturated heterocycles. The second-order valence-electron chi connectivity index (χ2n) is 6.84. The van der Waals surface area contributed by atoms with E-state index in [0.29, 0.717) is 5.41 Å². The van der Waals surface area contributed by atoms with Gasteiger partial charge < -0.3 is 10.6 Å². The molecule has 0 bridgehead atoms. The highest BCUT2D eigenvalue weighted by molar-refractivity contribution is 5.51. The molecule has 1 aromatic rings. The highest BCUT2D eigenvalue weighted by Gasteiger charge is 2.28. The molecule has 19 heavy (non-hydrogen) atoms. The van der Waals surface area contributed by atoms with E-state index < -0.39 is 0 Å². The van der Waals surface area contributed by atoms with Gasteiger partial charge in [0.1, 0.15) is 5.82 Å². The Hall–Kier alpha value is -1.03. The predicted molar refractivity (Wildman–Crippen MR) is 80.5 cm³/mol. The van der Waals surface area contributed by atoms with E-state index in [2.05, 4.69) is 37.7 Å². The lowest BCUT2D eigenvalue weighted by Gasteiger charge is -2.38. The normalized spacial score (nSPS) is 20.6. The summed E-state index contributed by atoms with van der Waals surface area (Å²) in [6.45, 7) is 11.1. The highest BCUT2D eigenvalue weighted by Crippen LogP contribution is 2.34. The fraction of sp³-hybridized carbons (Fsp3) is 0.800. The largest absolute Gasteiger partial charge is 0.357 e. The maximum absolute atomic E-state index is 5.99. The van der Waals surface area contributed by atoms with Crippen LogP contribution >= 0.6 is 0 Å². The lowest BCUT2D eigenvalue weighted by Crippen LogP contribution is -2.39. The molecule has 2 heterocycles. The zero-order chi connectivity index (χ0) is 14.2. The molecule has 1 aromatic heterocycles. The molecule has 1 fully saturated rings. The molecule has 4 nitrogen and oxygen atoms in total. The molecule has 0 aromatic carbocycles. The fourth-order valence-corrected chi connectivity index (χ4v) is 2.97. The maximum Gasteiger partial charge on any atom is 0.130 e. The summed E-state index contributed by atoms with van der Waals surface area (Å²) in [4.78, 5) is 2.49. The van der Waals surface area contributed by atoms with Crippen molar-refractivity contribution < 1.29 is 0 Å². The van der Waals surface area contributed by atoms with Crippen LogP contribution in [0.2, 0.25) is 0 Å². The van der Waals surface area contributed by atoms with Crippen molar-refractivity contribution in [3.8, 4) is 0 Å². The van der Waals surface area contributed by atoms with Crippen LogP contribution in [0.25, 0.3) is 0 Å². The average molecular weight is 264 g/mol. The van der Waals surface area contributed by atoms with Crippen molar-refractivity contribution in [1.29, 1.82) is 0 Å². The van der Waals surface area contributed by atoms with E-state index in [-0.39, 0.29) is 6.04 Å². The van der Waals surface area contributed by atoms with Gasteiger partial charge >= 0.3 is 0 Å². The van der Waals surface area contributed by atoms with Crippen molar-refractivity contribution in [3.63, 3.8) is 0 Å². The monoisotopic (exact) mass is 264 g/mol. The Kier molecular flexibility index (Phi) is 3.90. The molecule has 1 unspecified atom stereocenters. The first-order valence-corrected chi connectivity index (χ1v) is 7.33. The summed E-state index contributed by atoms with van der Waals surface area (Å²) in [5.74, 6) is 1.28. The third kappa shape index (κ3) is 3.11. The number of nitrogens with two attached hydrogens (primary N) is 1. The first-order valence-electron chi connectivity index (χ1n) is 7.33. The molecule has 0 amide bonds. The van der Waals surface area contributed by atoms with Crippen LogP contribution in [0.3, 0.4) is 0 Å². The van der Waals surface area contributed by atoms with Crippen molar-refractivity contribution >= 4 is 5.82 Å². The maximum atomic E-state index is 5.99. The van der Waals surface area contributed by atoms with Gasteiger partial charge in [0, 0.05) is 31.7 Å². The minimum Gasteiger partial charge on any atom is -0.357 e. The van der Waals surface area contributed by atoms with Gasteiger partial charge in [0.05, 0.1) is 5.69 Å². The second kappa shape index (κ2) is 5.16. The number of aromatic nitrogens is 2. The van der Waals surface area contributed by atoms with Crippen LogP contribution in [-0.4, -0.2) is 28.9 Å². The van der Waals surface area contributed by atoms with Crippen LogP contribution in [0.5, 0.6) is 0 Å². The Bertz CT molecular complexity index is 435. The third-order valence-electron chi connectivity index (χ3n) is 4.26. The summed E-state index contributed by atoms with van der Waals surface area (Å²) in [5.41, 5.74) is 8.92. The van der Waals surface area contributed by atoms with Crippen molar-refractivity contribution in [1.82, 2.24) is 9.78 Å². The number of hydrogen-bond acceptors (Lipinski definition) is 3. The molecule has 4 heteroatoms. The molecule has 2 rings (SSSR count). The lowest BCUT2D eigenvalue weighted by atomic mass is 9.82. The van der Waals surface area contributed by atoms with Gasteiger partial charge in [0.2, 0.25) is 0 Å². The number of aryl methyl sites for hydroxylation is 2. The van der Waals surface area contributed by atoms with Crippen LogP contribution in [-0.2, 0) is 13.5 Å². The summed E-state index contributed by atoms with van der Waals surface area (Å²) >= 11 is 0. The molecule has 0 saturated carbocycles. The number of hydrogen-bond donors (Lipinski definition) is 1. The van der Waals surface area contributed by atoms with Gasteiger partial charge in [-0.15, -0.1) is 0 Å². The van der Waals surface area contributed by atoms with E-state index in [1.807, 2.05) is 11.7 Å². The number of rotatable bonds is 3. The minimum absolute atomic E-state index is 0.183. The van der Waals surface area contributed by atoms with E-state index in [1.165, 1.54) is 24.2 Å². The standard InChI is InChI=1S/C15H28N4/c1-11(16)10-13-12(2)17-18(5)14(13)19-8-6-15(3,4)7-9-19/h11H,6-10,16H2,1-5H3. The van der Waals surface area contributed by atoms with Crippen molar-refractivity contribution in [3.05, 3.63) is 11.3 Å². The summed E-state index contributed by atoms with van der Waals surface area (Å²) in [6.07, 6.45) is 3.40. The fourth-order valence-electron chi connectivity index (χ4n) is 2.97. The number of piperidine rings is 1. The van der Waals surface area contributed by atoms with Crippen molar-refractivity contribution in [2.24, 2.45) is 18.2 Å². The molecular weight excluding hydrogens is 236 g/mol. The lowest BCUT2D eigenvalue weighted by molar-refractivity contribution is 0.278. The van der Waals surface area contributed by atoms with Crippen LogP contribution in [0.4, 0.5) is 5.82 Å². The summed E-state index contributed by atoms with van der Waals surface area (Å²) < 4.78 is 2.03. The first-order chi connectivity index (χ1) is 8.80. The van der Waals surface area contributed by atoms with Gasteiger partial charge in [-0.3, -0.25) is 4.68 Å². The van der Waals surface area contributed by atoms with Gasteiger partial charge in [0.25, 0.3) is 0 Å². The van der Waals surface area contributed by atoms with Crippen LogP contribution in [0.15, 0.2) is 0 Å². The molecule has 108 valence electrons. The molecule has 0 radical (unpaired) electrons. The van der Waals surface area contributed by atoms with Gasteiger partial charge in [-0.1, -0.05) is 13.8 Å². The molecule has 2 N–H and O–H groups in total. The van der Waals surface area contributed by atoms with Gasteiger partial charge in [-0.2, -0.15) is 5.10 Å². The Morgan fingerprint density at radius 2 is 1.89 bits per heavy atom. The van der Waals surface area contributed by atoms with Gasteiger partial charge in [0.15, 0.2) is 0 Å². The Morgan fingerprint density at radius 1 is 1.32 bits per heavy atom. The van der Waals surface area contributed by atoms with E-state index in [9.17, 15) is 0 Å². The zero-order valence-electron chi connectivity index (χ0n) is 13.0. The third-order valence-corrected chi connectivity index (χ3v) is 4.26. The van der Waals surface area contributed by atoms with Gasteiger partial charge in [-0.05, 0) is 38.5 Å². The molecule has 1 aliphatic rings. The predicted octanol–water partition coefficient (Wildman–Crippen LogP) is 2.24. The van der Waals surface area contributed by atoms with E-state index in [1.54, 1.807) is 0 Å². The molecule has 1 atom stereocenters. The average Bonchev–Trinajstić information content (AvgIpc) is 2.54. The number of anilines is 1. The second-order valence-corrected chi connectivity index (χ2v) is 6.84. The SMILES string of the molecule is Cc1nn(C)c(N2CCC(C)(C)CC2)c1CC(C)N. The Morgan fingerprint density at radius 3 is 2.42 bits per heavy atom. The molecule has 1 aliphatic heterocycles. The topological polar surface area (TPSA) is 47.1 Å². The number of nitrogens with zero attached hydrogens (tertiary/aromatic N) is 3. The van der Waals surface area contributed by atoms with E-state index in [4.69, 9.17) is 5.73 Å². The zero-order valence-corrected chi connectivity index (χ0v) is 13.0. The van der Waals surface area contributed by atoms with Crippen molar-refractivity contribution in [2.75, 3.05) is 18.0 Å². The summed E-state index contributed by atoms with van der Waals surface area (Å²) in [5, 5.41) is 4.60. The smallest absolute Gasteiger partial charge is 0.130 e. The van der Waals surface area contributed by atoms with E-state index in [0.717, 1.165) is 25.2 Å². The van der Waals surface area contributed by atoms with Crippen LogP contribution in [0, 0.1) is 12.3 Å².